The number of nitrogens with zero attached hydrogens (tertiary/aromatic N) is 5. The van der Waals surface area contributed by atoms with E-state index in [1.807, 2.05) is 6.92 Å². The van der Waals surface area contributed by atoms with Gasteiger partial charge in [0, 0.05) is 0 Å². The molecular weight excluding hydrogens is 395 g/mol. The molecule has 1 saturated heterocycles. The second-order valence-electron chi connectivity index (χ2n) is 7.06. The average molecular weight is 414 g/mol. The molecule has 0 atom stereocenters. The summed E-state index contributed by atoms with van der Waals surface area (Å²) >= 11 is 0. The Labute approximate surface area is 171 Å². The third-order valence-corrected chi connectivity index (χ3v) is 4.43. The SMILES string of the molecule is Cc1nnn(-c2ccc(F)cc2)c1COc1cnc(OC(=O)NC2(C)COC2)cn1. The molecule has 1 aliphatic rings. The third kappa shape index (κ3) is 4.35. The van der Waals surface area contributed by atoms with Crippen LogP contribution in [-0.4, -0.2) is 49.8 Å². The smallest absolute Gasteiger partial charge is 0.414 e. The van der Waals surface area contributed by atoms with Crippen LogP contribution in [0.2, 0.25) is 0 Å². The van der Waals surface area contributed by atoms with Crippen LogP contribution in [0.1, 0.15) is 18.3 Å². The average Bonchev–Trinajstić information content (AvgIpc) is 3.07. The molecule has 3 heterocycles. The van der Waals surface area contributed by atoms with E-state index in [2.05, 4.69) is 25.6 Å². The molecule has 0 spiro atoms. The molecule has 0 radical (unpaired) electrons. The lowest BCUT2D eigenvalue weighted by molar-refractivity contribution is -0.0597. The number of carbonyl (C=O) groups is 1. The number of rotatable bonds is 6. The Morgan fingerprint density at radius 3 is 2.57 bits per heavy atom. The second kappa shape index (κ2) is 8.03. The Hall–Kier alpha value is -3.60. The van der Waals surface area contributed by atoms with Gasteiger partial charge < -0.3 is 19.5 Å². The molecule has 30 heavy (non-hydrogen) atoms. The molecule has 156 valence electrons. The Bertz CT molecular complexity index is 1030. The number of aryl methyl sites for hydroxylation is 1. The molecule has 1 aliphatic heterocycles. The molecule has 0 unspecified atom stereocenters. The lowest BCUT2D eigenvalue weighted by atomic mass is 10.0. The van der Waals surface area contributed by atoms with Crippen molar-refractivity contribution in [3.8, 4) is 17.4 Å². The number of halogens is 1. The molecule has 1 N–H and O–H groups in total. The fraction of sp³-hybridized carbons (Fsp3) is 0.316. The molecule has 0 bridgehead atoms. The highest BCUT2D eigenvalue weighted by Gasteiger charge is 2.35. The normalized spacial score (nSPS) is 14.6. The van der Waals surface area contributed by atoms with Crippen molar-refractivity contribution in [2.45, 2.75) is 26.0 Å². The van der Waals surface area contributed by atoms with Gasteiger partial charge in [-0.25, -0.2) is 23.8 Å². The van der Waals surface area contributed by atoms with Gasteiger partial charge in [0.2, 0.25) is 11.8 Å². The van der Waals surface area contributed by atoms with Gasteiger partial charge in [0.05, 0.1) is 42.5 Å². The summed E-state index contributed by atoms with van der Waals surface area (Å²) in [5, 5.41) is 10.8. The number of amides is 1. The second-order valence-corrected chi connectivity index (χ2v) is 7.06. The van der Waals surface area contributed by atoms with Gasteiger partial charge in [-0.05, 0) is 38.1 Å². The fourth-order valence-electron chi connectivity index (χ4n) is 2.75. The van der Waals surface area contributed by atoms with E-state index < -0.39 is 11.6 Å². The van der Waals surface area contributed by atoms with E-state index in [1.54, 1.807) is 23.7 Å². The maximum atomic E-state index is 13.2. The van der Waals surface area contributed by atoms with Gasteiger partial charge >= 0.3 is 6.09 Å². The van der Waals surface area contributed by atoms with Crippen LogP contribution in [0.15, 0.2) is 36.7 Å². The van der Waals surface area contributed by atoms with Gasteiger partial charge in [-0.3, -0.25) is 0 Å². The molecular formula is C19H19FN6O4. The molecule has 1 fully saturated rings. The van der Waals surface area contributed by atoms with E-state index in [0.717, 1.165) is 0 Å². The van der Waals surface area contributed by atoms with Crippen molar-refractivity contribution < 1.29 is 23.4 Å². The summed E-state index contributed by atoms with van der Waals surface area (Å²) in [7, 11) is 0. The minimum Gasteiger partial charge on any atom is -0.470 e. The van der Waals surface area contributed by atoms with Crippen molar-refractivity contribution >= 4 is 6.09 Å². The first kappa shape index (κ1) is 19.7. The van der Waals surface area contributed by atoms with Crippen LogP contribution in [-0.2, 0) is 11.3 Å². The van der Waals surface area contributed by atoms with Gasteiger partial charge in [-0.2, -0.15) is 0 Å². The van der Waals surface area contributed by atoms with Crippen LogP contribution >= 0.6 is 0 Å². The summed E-state index contributed by atoms with van der Waals surface area (Å²) in [6.07, 6.45) is 2.00. The predicted molar refractivity (Wildman–Crippen MR) is 101 cm³/mol. The molecule has 1 amide bonds. The zero-order valence-corrected chi connectivity index (χ0v) is 16.3. The van der Waals surface area contributed by atoms with Crippen molar-refractivity contribution in [1.82, 2.24) is 30.3 Å². The number of carbonyl (C=O) groups excluding carboxylic acids is 1. The van der Waals surface area contributed by atoms with Crippen molar-refractivity contribution in [2.24, 2.45) is 0 Å². The molecule has 2 aromatic heterocycles. The van der Waals surface area contributed by atoms with Crippen LogP contribution in [0.25, 0.3) is 5.69 Å². The molecule has 0 saturated carbocycles. The maximum Gasteiger partial charge on any atom is 0.414 e. The first-order valence-electron chi connectivity index (χ1n) is 9.12. The van der Waals surface area contributed by atoms with Crippen molar-refractivity contribution in [3.05, 3.63) is 53.9 Å². The zero-order valence-electron chi connectivity index (χ0n) is 16.3. The first-order chi connectivity index (χ1) is 14.4. The van der Waals surface area contributed by atoms with Gasteiger partial charge in [-0.15, -0.1) is 5.10 Å². The van der Waals surface area contributed by atoms with Gasteiger partial charge in [0.1, 0.15) is 18.1 Å². The highest BCUT2D eigenvalue weighted by Crippen LogP contribution is 2.18. The highest BCUT2D eigenvalue weighted by atomic mass is 19.1. The van der Waals surface area contributed by atoms with Crippen molar-refractivity contribution in [2.75, 3.05) is 13.2 Å². The zero-order chi connectivity index (χ0) is 21.1. The van der Waals surface area contributed by atoms with E-state index in [-0.39, 0.29) is 24.2 Å². The number of nitrogens with one attached hydrogen (secondary N) is 1. The first-order valence-corrected chi connectivity index (χ1v) is 9.12. The van der Waals surface area contributed by atoms with Crippen LogP contribution < -0.4 is 14.8 Å². The molecule has 10 nitrogen and oxygen atoms in total. The summed E-state index contributed by atoms with van der Waals surface area (Å²) in [6, 6.07) is 5.88. The monoisotopic (exact) mass is 414 g/mol. The van der Waals surface area contributed by atoms with Crippen LogP contribution in [0.5, 0.6) is 11.8 Å². The van der Waals surface area contributed by atoms with E-state index >= 15 is 0 Å². The Kier molecular flexibility index (Phi) is 5.27. The molecule has 3 aromatic rings. The minimum absolute atomic E-state index is 0.0397. The molecule has 11 heteroatoms. The highest BCUT2D eigenvalue weighted by molar-refractivity contribution is 5.70. The summed E-state index contributed by atoms with van der Waals surface area (Å²) < 4.78 is 30.6. The maximum absolute atomic E-state index is 13.2. The van der Waals surface area contributed by atoms with Crippen LogP contribution in [0.3, 0.4) is 0 Å². The lowest BCUT2D eigenvalue weighted by Crippen LogP contribution is -2.60. The predicted octanol–water partition coefficient (Wildman–Crippen LogP) is 1.96. The van der Waals surface area contributed by atoms with Gasteiger partial charge in [0.25, 0.3) is 0 Å². The molecule has 0 aliphatic carbocycles. The minimum atomic E-state index is -0.631. The van der Waals surface area contributed by atoms with E-state index in [0.29, 0.717) is 30.3 Å². The lowest BCUT2D eigenvalue weighted by Gasteiger charge is -2.37. The quantitative estimate of drug-likeness (QED) is 0.651. The van der Waals surface area contributed by atoms with Crippen LogP contribution in [0, 0.1) is 12.7 Å². The summed E-state index contributed by atoms with van der Waals surface area (Å²) in [4.78, 5) is 20.0. The third-order valence-electron chi connectivity index (χ3n) is 4.43. The number of ether oxygens (including phenoxy) is 3. The number of hydrogen-bond donors (Lipinski definition) is 1. The number of hydrogen-bond acceptors (Lipinski definition) is 8. The van der Waals surface area contributed by atoms with Gasteiger partial charge in [-0.1, -0.05) is 5.21 Å². The van der Waals surface area contributed by atoms with Gasteiger partial charge in [0.15, 0.2) is 0 Å². The number of benzene rings is 1. The van der Waals surface area contributed by atoms with E-state index in [4.69, 9.17) is 14.2 Å². The van der Waals surface area contributed by atoms with Crippen LogP contribution in [0.4, 0.5) is 9.18 Å². The Balaban J connectivity index is 1.37. The summed E-state index contributed by atoms with van der Waals surface area (Å²) in [5.74, 6) is -0.0685. The van der Waals surface area contributed by atoms with E-state index in [9.17, 15) is 9.18 Å². The Morgan fingerprint density at radius 2 is 1.93 bits per heavy atom. The van der Waals surface area contributed by atoms with Crippen molar-refractivity contribution in [3.63, 3.8) is 0 Å². The largest absolute Gasteiger partial charge is 0.470 e. The Morgan fingerprint density at radius 1 is 1.23 bits per heavy atom. The summed E-state index contributed by atoms with van der Waals surface area (Å²) in [6.45, 7) is 4.63. The van der Waals surface area contributed by atoms with Crippen molar-refractivity contribution in [1.29, 1.82) is 0 Å². The topological polar surface area (TPSA) is 113 Å². The fourth-order valence-corrected chi connectivity index (χ4v) is 2.75. The number of aromatic nitrogens is 5. The summed E-state index contributed by atoms with van der Waals surface area (Å²) in [5.41, 5.74) is 1.57. The van der Waals surface area contributed by atoms with E-state index in [1.165, 1.54) is 24.5 Å². The molecule has 1 aromatic carbocycles. The molecule has 4 rings (SSSR count). The standard InChI is InChI=1S/C19H19FN6O4/c1-12-15(26(25-24-12)14-5-3-13(20)4-6-14)9-29-16-7-22-17(8-21-16)30-18(27)23-19(2)10-28-11-19/h3-8H,9-11H2,1-2H3,(H,23,27).